The Morgan fingerprint density at radius 3 is 2.19 bits per heavy atom. The summed E-state index contributed by atoms with van der Waals surface area (Å²) in [5.41, 5.74) is 1.000. The van der Waals surface area contributed by atoms with Crippen LogP contribution in [0.25, 0.3) is 11.0 Å². The van der Waals surface area contributed by atoms with Gasteiger partial charge in [-0.25, -0.2) is 13.2 Å². The smallest absolute Gasteiger partial charge is 0.336 e. The zero-order valence-corrected chi connectivity index (χ0v) is 19.6. The van der Waals surface area contributed by atoms with Crippen molar-refractivity contribution in [3.63, 3.8) is 0 Å². The third kappa shape index (κ3) is 5.28. The van der Waals surface area contributed by atoms with Gasteiger partial charge in [0.05, 0.1) is 16.8 Å². The minimum atomic E-state index is -3.82. The summed E-state index contributed by atoms with van der Waals surface area (Å²) in [7, 11) is 0.0438. The van der Waals surface area contributed by atoms with E-state index in [1.54, 1.807) is 36.1 Å². The number of fused-ring (bicyclic) bond motifs is 1. The Bertz CT molecular complexity index is 1230. The van der Waals surface area contributed by atoms with Gasteiger partial charge >= 0.3 is 5.69 Å². The van der Waals surface area contributed by atoms with Crippen LogP contribution in [0.4, 0.5) is 0 Å². The highest BCUT2D eigenvalue weighted by Crippen LogP contribution is 2.16. The van der Waals surface area contributed by atoms with Crippen LogP contribution in [0.5, 0.6) is 0 Å². The topological polar surface area (TPSA) is 84.6 Å². The third-order valence-corrected chi connectivity index (χ3v) is 7.05. The highest BCUT2D eigenvalue weighted by molar-refractivity contribution is 7.90. The predicted molar refractivity (Wildman–Crippen MR) is 126 cm³/mol. The second-order valence-electron chi connectivity index (χ2n) is 8.04. The van der Waals surface area contributed by atoms with Crippen molar-refractivity contribution in [1.29, 1.82) is 0 Å². The van der Waals surface area contributed by atoms with E-state index in [1.165, 1.54) is 4.57 Å². The van der Waals surface area contributed by atoms with Crippen LogP contribution in [0.3, 0.4) is 0 Å². The van der Waals surface area contributed by atoms with Crippen LogP contribution < -0.4 is 5.69 Å². The van der Waals surface area contributed by atoms with Gasteiger partial charge in [0.15, 0.2) is 0 Å². The molecule has 0 aliphatic heterocycles. The molecule has 1 amide bonds. The van der Waals surface area contributed by atoms with Crippen LogP contribution in [0.2, 0.25) is 0 Å². The second-order valence-corrected chi connectivity index (χ2v) is 9.98. The molecule has 1 heterocycles. The monoisotopic (exact) mass is 458 g/mol. The minimum absolute atomic E-state index is 0.141. The first-order valence-electron chi connectivity index (χ1n) is 10.6. The molecule has 0 aliphatic rings. The molecule has 3 aromatic rings. The second kappa shape index (κ2) is 10.1. The summed E-state index contributed by atoms with van der Waals surface area (Å²) in [5, 5.41) is 0. The fourth-order valence-electron chi connectivity index (χ4n) is 3.60. The zero-order valence-electron chi connectivity index (χ0n) is 18.8. The first-order chi connectivity index (χ1) is 15.2. The molecule has 0 fully saturated rings. The molecule has 0 atom stereocenters. The maximum Gasteiger partial charge on any atom is 0.343 e. The van der Waals surface area contributed by atoms with E-state index < -0.39 is 15.7 Å². The molecule has 32 heavy (non-hydrogen) atoms. The molecule has 0 aliphatic carbocycles. The average molecular weight is 459 g/mol. The van der Waals surface area contributed by atoms with E-state index >= 15 is 0 Å². The number of imidazole rings is 1. The fourth-order valence-corrected chi connectivity index (χ4v) is 5.09. The van der Waals surface area contributed by atoms with Crippen molar-refractivity contribution >= 4 is 27.0 Å². The number of carbonyl (C=O) groups excluding carboxylic acids is 1. The van der Waals surface area contributed by atoms with Gasteiger partial charge < -0.3 is 9.80 Å². The number of hydrogen-bond donors (Lipinski definition) is 0. The molecule has 9 heteroatoms. The molecular weight excluding hydrogens is 428 g/mol. The van der Waals surface area contributed by atoms with E-state index in [9.17, 15) is 18.0 Å². The lowest BCUT2D eigenvalue weighted by atomic mass is 10.2. The molecule has 0 bridgehead atoms. The van der Waals surface area contributed by atoms with Gasteiger partial charge in [-0.1, -0.05) is 49.4 Å². The first-order valence-corrected chi connectivity index (χ1v) is 12.3. The highest BCUT2D eigenvalue weighted by Gasteiger charge is 2.25. The number of para-hydroxylation sites is 2. The summed E-state index contributed by atoms with van der Waals surface area (Å²) >= 11 is 0. The number of nitrogens with zero attached hydrogens (tertiary/aromatic N) is 4. The van der Waals surface area contributed by atoms with E-state index in [0.717, 1.165) is 9.54 Å². The van der Waals surface area contributed by atoms with Crippen molar-refractivity contribution in [3.05, 3.63) is 70.6 Å². The van der Waals surface area contributed by atoms with Crippen LogP contribution >= 0.6 is 0 Å². The largest absolute Gasteiger partial charge is 0.343 e. The Morgan fingerprint density at radius 1 is 0.938 bits per heavy atom. The lowest BCUT2D eigenvalue weighted by Gasteiger charge is -2.25. The fraction of sp³-hybridized carbons (Fsp3) is 0.391. The number of hydrogen-bond acceptors (Lipinski definition) is 5. The van der Waals surface area contributed by atoms with Crippen molar-refractivity contribution < 1.29 is 13.2 Å². The normalized spacial score (nSPS) is 11.9. The molecule has 0 saturated carbocycles. The molecule has 2 aromatic carbocycles. The highest BCUT2D eigenvalue weighted by atomic mass is 32.2. The van der Waals surface area contributed by atoms with Crippen LogP contribution in [0, 0.1) is 0 Å². The van der Waals surface area contributed by atoms with Gasteiger partial charge in [-0.15, -0.1) is 0 Å². The molecule has 0 spiro atoms. The lowest BCUT2D eigenvalue weighted by Crippen LogP contribution is -2.40. The van der Waals surface area contributed by atoms with Gasteiger partial charge in [0.25, 0.3) is 0 Å². The van der Waals surface area contributed by atoms with Crippen molar-refractivity contribution in [1.82, 2.24) is 18.3 Å². The Hall–Kier alpha value is -2.91. The van der Waals surface area contributed by atoms with Gasteiger partial charge in [0.2, 0.25) is 15.9 Å². The first kappa shape index (κ1) is 23.7. The molecule has 1 aromatic heterocycles. The SMILES string of the molecule is CCCS(=O)(=O)n1c(=O)n(CC(=O)N(CCN(C)C)Cc2ccccc2)c2ccccc21. The summed E-state index contributed by atoms with van der Waals surface area (Å²) in [6.07, 6.45) is 0.391. The van der Waals surface area contributed by atoms with E-state index in [0.29, 0.717) is 37.1 Å². The van der Waals surface area contributed by atoms with E-state index in [2.05, 4.69) is 0 Å². The summed E-state index contributed by atoms with van der Waals surface area (Å²) in [6, 6.07) is 16.3. The quantitative estimate of drug-likeness (QED) is 0.464. The van der Waals surface area contributed by atoms with Crippen LogP contribution in [0.1, 0.15) is 18.9 Å². The third-order valence-electron chi connectivity index (χ3n) is 5.22. The van der Waals surface area contributed by atoms with Crippen molar-refractivity contribution in [2.45, 2.75) is 26.4 Å². The molecule has 172 valence electrons. The lowest BCUT2D eigenvalue weighted by molar-refractivity contribution is -0.132. The van der Waals surface area contributed by atoms with Crippen molar-refractivity contribution in [2.75, 3.05) is 32.9 Å². The Morgan fingerprint density at radius 2 is 1.56 bits per heavy atom. The predicted octanol–water partition coefficient (Wildman–Crippen LogP) is 1.98. The number of aromatic nitrogens is 2. The molecule has 8 nitrogen and oxygen atoms in total. The van der Waals surface area contributed by atoms with Gasteiger partial charge in [0.1, 0.15) is 6.54 Å². The Balaban J connectivity index is 1.98. The molecule has 0 saturated heterocycles. The van der Waals surface area contributed by atoms with Crippen molar-refractivity contribution in [2.24, 2.45) is 0 Å². The Kier molecular flexibility index (Phi) is 7.52. The summed E-state index contributed by atoms with van der Waals surface area (Å²) < 4.78 is 27.6. The van der Waals surface area contributed by atoms with Crippen molar-refractivity contribution in [3.8, 4) is 0 Å². The van der Waals surface area contributed by atoms with E-state index in [1.807, 2.05) is 49.3 Å². The standard InChI is InChI=1S/C23H30N4O4S/c1-4-16-32(30,31)27-21-13-9-8-12-20(21)26(23(27)29)18-22(28)25(15-14-24(2)3)17-19-10-6-5-7-11-19/h5-13H,4,14-18H2,1-3H3. The van der Waals surface area contributed by atoms with Crippen LogP contribution in [-0.2, 0) is 27.9 Å². The summed E-state index contributed by atoms with van der Waals surface area (Å²) in [4.78, 5) is 30.1. The van der Waals surface area contributed by atoms with Gasteiger partial charge in [-0.3, -0.25) is 9.36 Å². The van der Waals surface area contributed by atoms with Gasteiger partial charge in [0, 0.05) is 19.6 Å². The van der Waals surface area contributed by atoms with Crippen LogP contribution in [0.15, 0.2) is 59.4 Å². The Labute approximate surface area is 188 Å². The molecular formula is C23H30N4O4S. The van der Waals surface area contributed by atoms with Crippen LogP contribution in [-0.4, -0.2) is 65.6 Å². The number of amides is 1. The molecule has 0 radical (unpaired) electrons. The average Bonchev–Trinajstić information content (AvgIpc) is 3.03. The molecule has 0 N–H and O–H groups in total. The van der Waals surface area contributed by atoms with E-state index in [-0.39, 0.29) is 18.2 Å². The number of rotatable bonds is 10. The molecule has 3 rings (SSSR count). The molecule has 0 unspecified atom stereocenters. The number of carbonyl (C=O) groups is 1. The maximum absolute atomic E-state index is 13.3. The minimum Gasteiger partial charge on any atom is -0.336 e. The number of benzene rings is 2. The number of likely N-dealkylation sites (N-methyl/N-ethyl adjacent to an activating group) is 1. The maximum atomic E-state index is 13.3. The summed E-state index contributed by atoms with van der Waals surface area (Å²) in [6.45, 7) is 3.09. The van der Waals surface area contributed by atoms with E-state index in [4.69, 9.17) is 0 Å². The van der Waals surface area contributed by atoms with Gasteiger partial charge in [-0.2, -0.15) is 3.97 Å². The zero-order chi connectivity index (χ0) is 23.3. The summed E-state index contributed by atoms with van der Waals surface area (Å²) in [5.74, 6) is -0.383. The van der Waals surface area contributed by atoms with Gasteiger partial charge in [-0.05, 0) is 38.2 Å².